The molecule has 1 aliphatic heterocycles. The molecule has 1 aliphatic rings. The number of aromatic nitrogens is 1. The second-order valence-electron chi connectivity index (χ2n) is 3.89. The molecule has 0 amide bonds. The van der Waals surface area contributed by atoms with Gasteiger partial charge in [-0.25, -0.2) is 4.98 Å². The van der Waals surface area contributed by atoms with Crippen LogP contribution in [0.15, 0.2) is 22.9 Å². The second kappa shape index (κ2) is 5.58. The molecule has 3 nitrogen and oxygen atoms in total. The SMILES string of the molecule is Brc1cc(CNC2CCNCC2)ccn1. The quantitative estimate of drug-likeness (QED) is 0.821. The number of nitrogens with zero attached hydrogens (tertiary/aromatic N) is 1. The van der Waals surface area contributed by atoms with E-state index in [0.717, 1.165) is 24.2 Å². The highest BCUT2D eigenvalue weighted by Gasteiger charge is 2.11. The molecule has 0 atom stereocenters. The first-order chi connectivity index (χ1) is 7.34. The summed E-state index contributed by atoms with van der Waals surface area (Å²) in [6, 6.07) is 4.78. The van der Waals surface area contributed by atoms with Crippen molar-refractivity contribution in [1.29, 1.82) is 0 Å². The van der Waals surface area contributed by atoms with Gasteiger partial charge in [-0.2, -0.15) is 0 Å². The Kier molecular flexibility index (Phi) is 4.11. The van der Waals surface area contributed by atoms with Crippen molar-refractivity contribution < 1.29 is 0 Å². The molecule has 0 unspecified atom stereocenters. The summed E-state index contributed by atoms with van der Waals surface area (Å²) in [5.74, 6) is 0. The van der Waals surface area contributed by atoms with Crippen LogP contribution in [-0.2, 0) is 6.54 Å². The minimum absolute atomic E-state index is 0.665. The van der Waals surface area contributed by atoms with E-state index in [1.165, 1.54) is 18.4 Å². The zero-order valence-corrected chi connectivity index (χ0v) is 10.3. The lowest BCUT2D eigenvalue weighted by atomic mass is 10.1. The maximum atomic E-state index is 4.11. The highest BCUT2D eigenvalue weighted by molar-refractivity contribution is 9.10. The lowest BCUT2D eigenvalue weighted by Gasteiger charge is -2.23. The smallest absolute Gasteiger partial charge is 0.106 e. The van der Waals surface area contributed by atoms with Crippen molar-refractivity contribution in [2.75, 3.05) is 13.1 Å². The lowest BCUT2D eigenvalue weighted by Crippen LogP contribution is -2.39. The molecule has 0 aromatic carbocycles. The third-order valence-corrected chi connectivity index (χ3v) is 3.16. The van der Waals surface area contributed by atoms with Gasteiger partial charge >= 0.3 is 0 Å². The number of rotatable bonds is 3. The maximum absolute atomic E-state index is 4.11. The van der Waals surface area contributed by atoms with Crippen LogP contribution in [0.5, 0.6) is 0 Å². The average molecular weight is 270 g/mol. The largest absolute Gasteiger partial charge is 0.317 e. The van der Waals surface area contributed by atoms with Gasteiger partial charge in [0.1, 0.15) is 4.60 Å². The summed E-state index contributed by atoms with van der Waals surface area (Å²) in [6.45, 7) is 3.21. The molecular weight excluding hydrogens is 254 g/mol. The molecule has 15 heavy (non-hydrogen) atoms. The number of nitrogens with one attached hydrogen (secondary N) is 2. The standard InChI is InChI=1S/C11H16BrN3/c12-11-7-9(1-6-14-11)8-15-10-2-4-13-5-3-10/h1,6-7,10,13,15H,2-5,8H2. The molecular formula is C11H16BrN3. The van der Waals surface area contributed by atoms with Gasteiger partial charge in [0, 0.05) is 18.8 Å². The van der Waals surface area contributed by atoms with Gasteiger partial charge in [-0.15, -0.1) is 0 Å². The summed E-state index contributed by atoms with van der Waals surface area (Å²) in [5, 5.41) is 6.94. The minimum Gasteiger partial charge on any atom is -0.317 e. The number of hydrogen-bond acceptors (Lipinski definition) is 3. The van der Waals surface area contributed by atoms with Crippen molar-refractivity contribution in [3.8, 4) is 0 Å². The predicted octanol–water partition coefficient (Wildman–Crippen LogP) is 1.69. The van der Waals surface area contributed by atoms with Gasteiger partial charge in [-0.05, 0) is 59.6 Å². The van der Waals surface area contributed by atoms with Crippen molar-refractivity contribution in [3.63, 3.8) is 0 Å². The fourth-order valence-corrected chi connectivity index (χ4v) is 2.25. The van der Waals surface area contributed by atoms with Gasteiger partial charge in [-0.1, -0.05) is 0 Å². The van der Waals surface area contributed by atoms with Crippen molar-refractivity contribution in [1.82, 2.24) is 15.6 Å². The third kappa shape index (κ3) is 3.55. The monoisotopic (exact) mass is 269 g/mol. The summed E-state index contributed by atoms with van der Waals surface area (Å²) in [5.41, 5.74) is 1.29. The average Bonchev–Trinajstić information content (AvgIpc) is 2.28. The van der Waals surface area contributed by atoms with Gasteiger partial charge in [0.2, 0.25) is 0 Å². The molecule has 2 N–H and O–H groups in total. The van der Waals surface area contributed by atoms with Crippen molar-refractivity contribution in [3.05, 3.63) is 28.5 Å². The minimum atomic E-state index is 0.665. The Balaban J connectivity index is 1.81. The van der Waals surface area contributed by atoms with E-state index in [1.54, 1.807) is 0 Å². The topological polar surface area (TPSA) is 37.0 Å². The van der Waals surface area contributed by atoms with E-state index in [4.69, 9.17) is 0 Å². The first-order valence-electron chi connectivity index (χ1n) is 5.39. The van der Waals surface area contributed by atoms with E-state index in [1.807, 2.05) is 6.20 Å². The molecule has 1 fully saturated rings. The molecule has 82 valence electrons. The van der Waals surface area contributed by atoms with E-state index in [-0.39, 0.29) is 0 Å². The van der Waals surface area contributed by atoms with Crippen LogP contribution >= 0.6 is 15.9 Å². The Hall–Kier alpha value is -0.450. The Morgan fingerprint density at radius 3 is 3.00 bits per heavy atom. The fourth-order valence-electron chi connectivity index (χ4n) is 1.84. The van der Waals surface area contributed by atoms with Crippen molar-refractivity contribution >= 4 is 15.9 Å². The summed E-state index contributed by atoms with van der Waals surface area (Å²) in [7, 11) is 0. The molecule has 1 saturated heterocycles. The lowest BCUT2D eigenvalue weighted by molar-refractivity contribution is 0.386. The van der Waals surface area contributed by atoms with Crippen LogP contribution in [0.4, 0.5) is 0 Å². The van der Waals surface area contributed by atoms with E-state index >= 15 is 0 Å². The Morgan fingerprint density at radius 2 is 2.27 bits per heavy atom. The molecule has 4 heteroatoms. The molecule has 0 saturated carbocycles. The fraction of sp³-hybridized carbons (Fsp3) is 0.545. The molecule has 0 bridgehead atoms. The summed E-state index contributed by atoms with van der Waals surface area (Å²) in [6.07, 6.45) is 4.29. The maximum Gasteiger partial charge on any atom is 0.106 e. The number of piperidine rings is 1. The highest BCUT2D eigenvalue weighted by atomic mass is 79.9. The Morgan fingerprint density at radius 1 is 1.47 bits per heavy atom. The van der Waals surface area contributed by atoms with Crippen LogP contribution in [0.3, 0.4) is 0 Å². The zero-order chi connectivity index (χ0) is 10.5. The highest BCUT2D eigenvalue weighted by Crippen LogP contribution is 2.09. The normalized spacial score (nSPS) is 17.9. The van der Waals surface area contributed by atoms with Gasteiger partial charge in [0.25, 0.3) is 0 Å². The van der Waals surface area contributed by atoms with E-state index < -0.39 is 0 Å². The van der Waals surface area contributed by atoms with Crippen LogP contribution < -0.4 is 10.6 Å². The predicted molar refractivity (Wildman–Crippen MR) is 64.7 cm³/mol. The van der Waals surface area contributed by atoms with E-state index in [2.05, 4.69) is 43.7 Å². The first kappa shape index (κ1) is 11.0. The third-order valence-electron chi connectivity index (χ3n) is 2.72. The molecule has 1 aromatic rings. The Labute approximate surface area is 98.8 Å². The summed E-state index contributed by atoms with van der Waals surface area (Å²) in [4.78, 5) is 4.11. The number of hydrogen-bond donors (Lipinski definition) is 2. The summed E-state index contributed by atoms with van der Waals surface area (Å²) >= 11 is 3.38. The molecule has 1 aromatic heterocycles. The van der Waals surface area contributed by atoms with Gasteiger partial charge in [0.05, 0.1) is 0 Å². The number of halogens is 1. The van der Waals surface area contributed by atoms with Crippen LogP contribution in [0.2, 0.25) is 0 Å². The summed E-state index contributed by atoms with van der Waals surface area (Å²) < 4.78 is 0.909. The van der Waals surface area contributed by atoms with E-state index in [0.29, 0.717) is 6.04 Å². The van der Waals surface area contributed by atoms with Crippen LogP contribution in [0, 0.1) is 0 Å². The second-order valence-corrected chi connectivity index (χ2v) is 4.70. The first-order valence-corrected chi connectivity index (χ1v) is 6.18. The molecule has 0 spiro atoms. The van der Waals surface area contributed by atoms with Crippen molar-refractivity contribution in [2.45, 2.75) is 25.4 Å². The molecule has 2 rings (SSSR count). The zero-order valence-electron chi connectivity index (χ0n) is 8.67. The van der Waals surface area contributed by atoms with Crippen molar-refractivity contribution in [2.24, 2.45) is 0 Å². The van der Waals surface area contributed by atoms with Gasteiger partial charge in [0.15, 0.2) is 0 Å². The van der Waals surface area contributed by atoms with E-state index in [9.17, 15) is 0 Å². The van der Waals surface area contributed by atoms with Crippen LogP contribution in [-0.4, -0.2) is 24.1 Å². The van der Waals surface area contributed by atoms with Crippen LogP contribution in [0.25, 0.3) is 0 Å². The molecule has 0 radical (unpaired) electrons. The molecule has 2 heterocycles. The number of pyridine rings is 1. The van der Waals surface area contributed by atoms with Gasteiger partial charge < -0.3 is 10.6 Å². The molecule has 0 aliphatic carbocycles. The van der Waals surface area contributed by atoms with Crippen LogP contribution in [0.1, 0.15) is 18.4 Å². The van der Waals surface area contributed by atoms with Gasteiger partial charge in [-0.3, -0.25) is 0 Å². The Bertz CT molecular complexity index is 310.